The lowest BCUT2D eigenvalue weighted by atomic mass is 10.1. The van der Waals surface area contributed by atoms with Crippen molar-refractivity contribution in [2.45, 2.75) is 25.8 Å². The number of hydrogen-bond acceptors (Lipinski definition) is 6. The average molecular weight is 251 g/mol. The van der Waals surface area contributed by atoms with Gasteiger partial charge in [-0.3, -0.25) is 0 Å². The molecule has 0 atom stereocenters. The third-order valence-corrected chi connectivity index (χ3v) is 2.71. The van der Waals surface area contributed by atoms with Crippen molar-refractivity contribution in [2.75, 3.05) is 25.1 Å². The summed E-state index contributed by atoms with van der Waals surface area (Å²) in [5.41, 5.74) is 0.231. The Hall–Kier alpha value is -1.69. The highest BCUT2D eigenvalue weighted by atomic mass is 16.5. The fourth-order valence-electron chi connectivity index (χ4n) is 1.76. The lowest BCUT2D eigenvalue weighted by molar-refractivity contribution is 0.0519. The summed E-state index contributed by atoms with van der Waals surface area (Å²) >= 11 is 0. The molecule has 0 aromatic carbocycles. The van der Waals surface area contributed by atoms with Crippen LogP contribution in [0.1, 0.15) is 30.3 Å². The van der Waals surface area contributed by atoms with Gasteiger partial charge in [0.1, 0.15) is 5.82 Å². The quantitative estimate of drug-likeness (QED) is 0.812. The molecule has 6 nitrogen and oxygen atoms in total. The zero-order valence-corrected chi connectivity index (χ0v) is 10.4. The number of ether oxygens (including phenoxy) is 2. The summed E-state index contributed by atoms with van der Waals surface area (Å²) in [6, 6.07) is 0.362. The van der Waals surface area contributed by atoms with Crippen LogP contribution in [0.25, 0.3) is 0 Å². The summed E-state index contributed by atoms with van der Waals surface area (Å²) in [5, 5.41) is 3.27. The van der Waals surface area contributed by atoms with Gasteiger partial charge in [-0.2, -0.15) is 0 Å². The van der Waals surface area contributed by atoms with Gasteiger partial charge in [0.25, 0.3) is 0 Å². The van der Waals surface area contributed by atoms with E-state index >= 15 is 0 Å². The normalized spacial score (nSPS) is 16.3. The Morgan fingerprint density at radius 2 is 2.22 bits per heavy atom. The van der Waals surface area contributed by atoms with Crippen molar-refractivity contribution in [1.82, 2.24) is 9.97 Å². The minimum Gasteiger partial charge on any atom is -0.461 e. The van der Waals surface area contributed by atoms with Crippen LogP contribution in [-0.4, -0.2) is 41.8 Å². The van der Waals surface area contributed by atoms with Gasteiger partial charge in [-0.05, 0) is 19.8 Å². The molecule has 18 heavy (non-hydrogen) atoms. The van der Waals surface area contributed by atoms with E-state index in [1.54, 1.807) is 13.1 Å². The first kappa shape index (κ1) is 12.8. The molecule has 0 spiro atoms. The standard InChI is InChI=1S/C12H17N3O3/c1-2-18-12(16)10-7-14-11(8-13-10)15-9-3-5-17-6-4-9/h7-9H,2-6H2,1H3,(H,14,15). The predicted molar refractivity (Wildman–Crippen MR) is 65.5 cm³/mol. The van der Waals surface area contributed by atoms with Crippen molar-refractivity contribution in [3.63, 3.8) is 0 Å². The second kappa shape index (κ2) is 6.30. The molecule has 0 saturated carbocycles. The summed E-state index contributed by atoms with van der Waals surface area (Å²) in [4.78, 5) is 19.6. The van der Waals surface area contributed by atoms with E-state index in [0.29, 0.717) is 18.5 Å². The van der Waals surface area contributed by atoms with Crippen LogP contribution in [0.3, 0.4) is 0 Å². The highest BCUT2D eigenvalue weighted by Crippen LogP contribution is 2.12. The zero-order valence-electron chi connectivity index (χ0n) is 10.4. The SMILES string of the molecule is CCOC(=O)c1cnc(NC2CCOCC2)cn1. The number of anilines is 1. The summed E-state index contributed by atoms with van der Waals surface area (Å²) in [7, 11) is 0. The van der Waals surface area contributed by atoms with E-state index in [1.807, 2.05) is 0 Å². The van der Waals surface area contributed by atoms with E-state index in [2.05, 4.69) is 15.3 Å². The van der Waals surface area contributed by atoms with Crippen LogP contribution >= 0.6 is 0 Å². The Kier molecular flexibility index (Phi) is 4.46. The van der Waals surface area contributed by atoms with Gasteiger partial charge in [-0.25, -0.2) is 14.8 Å². The molecule has 2 heterocycles. The molecule has 1 N–H and O–H groups in total. The third-order valence-electron chi connectivity index (χ3n) is 2.71. The molecule has 1 aliphatic heterocycles. The number of nitrogens with one attached hydrogen (secondary N) is 1. The Morgan fingerprint density at radius 1 is 1.44 bits per heavy atom. The monoisotopic (exact) mass is 251 g/mol. The van der Waals surface area contributed by atoms with Crippen molar-refractivity contribution >= 4 is 11.8 Å². The first-order valence-electron chi connectivity index (χ1n) is 6.13. The van der Waals surface area contributed by atoms with Gasteiger partial charge in [0.15, 0.2) is 5.69 Å². The van der Waals surface area contributed by atoms with E-state index in [-0.39, 0.29) is 5.69 Å². The summed E-state index contributed by atoms with van der Waals surface area (Å²) < 4.78 is 10.1. The van der Waals surface area contributed by atoms with Gasteiger partial charge in [0.2, 0.25) is 0 Å². The molecule has 0 radical (unpaired) electrons. The largest absolute Gasteiger partial charge is 0.461 e. The lowest BCUT2D eigenvalue weighted by Gasteiger charge is -2.23. The average Bonchev–Trinajstić information content (AvgIpc) is 2.41. The van der Waals surface area contributed by atoms with Crippen molar-refractivity contribution in [1.29, 1.82) is 0 Å². The van der Waals surface area contributed by atoms with E-state index < -0.39 is 5.97 Å². The van der Waals surface area contributed by atoms with Crippen molar-refractivity contribution in [3.8, 4) is 0 Å². The molecular formula is C12H17N3O3. The highest BCUT2D eigenvalue weighted by Gasteiger charge is 2.14. The van der Waals surface area contributed by atoms with E-state index in [4.69, 9.17) is 9.47 Å². The van der Waals surface area contributed by atoms with Crippen LogP contribution in [0, 0.1) is 0 Å². The maximum atomic E-state index is 11.4. The van der Waals surface area contributed by atoms with E-state index in [9.17, 15) is 4.79 Å². The van der Waals surface area contributed by atoms with Gasteiger partial charge >= 0.3 is 5.97 Å². The molecule has 1 aliphatic rings. The van der Waals surface area contributed by atoms with E-state index in [1.165, 1.54) is 6.20 Å². The van der Waals surface area contributed by atoms with Crippen LogP contribution in [0.2, 0.25) is 0 Å². The molecule has 1 aromatic rings. The maximum Gasteiger partial charge on any atom is 0.358 e. The molecule has 0 bridgehead atoms. The lowest BCUT2D eigenvalue weighted by Crippen LogP contribution is -2.28. The third kappa shape index (κ3) is 3.40. The number of esters is 1. The van der Waals surface area contributed by atoms with Crippen LogP contribution in [0.5, 0.6) is 0 Å². The van der Waals surface area contributed by atoms with Crippen molar-refractivity contribution in [2.24, 2.45) is 0 Å². The van der Waals surface area contributed by atoms with Crippen molar-refractivity contribution < 1.29 is 14.3 Å². The predicted octanol–water partition coefficient (Wildman–Crippen LogP) is 1.24. The molecule has 0 aliphatic carbocycles. The van der Waals surface area contributed by atoms with Crippen LogP contribution in [-0.2, 0) is 9.47 Å². The maximum absolute atomic E-state index is 11.4. The topological polar surface area (TPSA) is 73.3 Å². The summed E-state index contributed by atoms with van der Waals surface area (Å²) in [6.45, 7) is 3.63. The number of rotatable bonds is 4. The summed E-state index contributed by atoms with van der Waals surface area (Å²) in [6.07, 6.45) is 4.91. The fourth-order valence-corrected chi connectivity index (χ4v) is 1.76. The number of carbonyl (C=O) groups is 1. The second-order valence-corrected chi connectivity index (χ2v) is 4.04. The minimum atomic E-state index is -0.442. The second-order valence-electron chi connectivity index (χ2n) is 4.04. The number of carbonyl (C=O) groups excluding carboxylic acids is 1. The molecule has 98 valence electrons. The van der Waals surface area contributed by atoms with Gasteiger partial charge in [0, 0.05) is 19.3 Å². The Balaban J connectivity index is 1.92. The fraction of sp³-hybridized carbons (Fsp3) is 0.583. The molecule has 1 saturated heterocycles. The Bertz CT molecular complexity index is 388. The van der Waals surface area contributed by atoms with Crippen LogP contribution in [0.15, 0.2) is 12.4 Å². The van der Waals surface area contributed by atoms with Gasteiger partial charge in [-0.15, -0.1) is 0 Å². The zero-order chi connectivity index (χ0) is 12.8. The number of aromatic nitrogens is 2. The molecule has 0 amide bonds. The minimum absolute atomic E-state index is 0.231. The smallest absolute Gasteiger partial charge is 0.358 e. The van der Waals surface area contributed by atoms with E-state index in [0.717, 1.165) is 26.1 Å². The van der Waals surface area contributed by atoms with Crippen molar-refractivity contribution in [3.05, 3.63) is 18.1 Å². The first-order chi connectivity index (χ1) is 8.79. The number of nitrogens with zero attached hydrogens (tertiary/aromatic N) is 2. The molecule has 1 fully saturated rings. The Labute approximate surface area is 106 Å². The van der Waals surface area contributed by atoms with Gasteiger partial charge < -0.3 is 14.8 Å². The molecule has 6 heteroatoms. The van der Waals surface area contributed by atoms with Gasteiger partial charge in [-0.1, -0.05) is 0 Å². The van der Waals surface area contributed by atoms with Gasteiger partial charge in [0.05, 0.1) is 19.0 Å². The Morgan fingerprint density at radius 3 is 2.83 bits per heavy atom. The van der Waals surface area contributed by atoms with Crippen LogP contribution < -0.4 is 5.32 Å². The molecule has 1 aromatic heterocycles. The molecule has 2 rings (SSSR count). The highest BCUT2D eigenvalue weighted by molar-refractivity contribution is 5.86. The first-order valence-corrected chi connectivity index (χ1v) is 6.13. The molecule has 0 unspecified atom stereocenters. The number of hydrogen-bond donors (Lipinski definition) is 1. The van der Waals surface area contributed by atoms with Crippen LogP contribution in [0.4, 0.5) is 5.82 Å². The molecular weight excluding hydrogens is 234 g/mol. The summed E-state index contributed by atoms with van der Waals surface area (Å²) in [5.74, 6) is 0.234.